The van der Waals surface area contributed by atoms with E-state index < -0.39 is 15.8 Å². The maximum absolute atomic E-state index is 13.4. The summed E-state index contributed by atoms with van der Waals surface area (Å²) in [6.45, 7) is 2.76. The summed E-state index contributed by atoms with van der Waals surface area (Å²) < 4.78 is 45.0. The Kier molecular flexibility index (Phi) is 4.85. The molecule has 0 amide bonds. The number of benzene rings is 1. The van der Waals surface area contributed by atoms with Gasteiger partial charge in [0.25, 0.3) is 0 Å². The Morgan fingerprint density at radius 2 is 2.19 bits per heavy atom. The predicted octanol–water partition coefficient (Wildman–Crippen LogP) is 1.58. The van der Waals surface area contributed by atoms with Crippen LogP contribution in [0.4, 0.5) is 4.39 Å². The molecule has 2 unspecified atom stereocenters. The summed E-state index contributed by atoms with van der Waals surface area (Å²) in [5.41, 5.74) is 5.89. The lowest BCUT2D eigenvalue weighted by Gasteiger charge is -2.33. The van der Waals surface area contributed by atoms with Crippen molar-refractivity contribution in [1.29, 1.82) is 0 Å². The van der Waals surface area contributed by atoms with Crippen LogP contribution in [0.5, 0.6) is 5.75 Å². The Morgan fingerprint density at radius 3 is 2.81 bits per heavy atom. The third kappa shape index (κ3) is 3.36. The van der Waals surface area contributed by atoms with Crippen LogP contribution >= 0.6 is 0 Å². The number of nitrogens with zero attached hydrogens (tertiary/aromatic N) is 1. The molecule has 2 rings (SSSR count). The maximum atomic E-state index is 13.4. The van der Waals surface area contributed by atoms with E-state index in [0.717, 1.165) is 18.9 Å². The molecule has 0 aromatic heterocycles. The second-order valence-electron chi connectivity index (χ2n) is 5.42. The van der Waals surface area contributed by atoms with E-state index in [1.807, 2.05) is 6.92 Å². The minimum Gasteiger partial charge on any atom is -0.494 e. The topological polar surface area (TPSA) is 72.6 Å². The first-order chi connectivity index (χ1) is 9.86. The molecule has 118 valence electrons. The first-order valence-corrected chi connectivity index (χ1v) is 8.39. The molecule has 0 bridgehead atoms. The number of sulfonamides is 1. The molecule has 7 heteroatoms. The lowest BCUT2D eigenvalue weighted by molar-refractivity contribution is 0.243. The van der Waals surface area contributed by atoms with E-state index in [4.69, 9.17) is 10.5 Å². The van der Waals surface area contributed by atoms with Gasteiger partial charge in [-0.3, -0.25) is 0 Å². The van der Waals surface area contributed by atoms with E-state index in [2.05, 4.69) is 0 Å². The number of nitrogens with two attached hydrogens (primary N) is 1. The Labute approximate surface area is 124 Å². The molecule has 2 N–H and O–H groups in total. The van der Waals surface area contributed by atoms with Gasteiger partial charge in [0, 0.05) is 25.2 Å². The third-order valence-electron chi connectivity index (χ3n) is 3.92. The molecule has 0 spiro atoms. The zero-order valence-corrected chi connectivity index (χ0v) is 13.1. The van der Waals surface area contributed by atoms with Gasteiger partial charge in [-0.1, -0.05) is 0 Å². The number of piperidine rings is 1. The van der Waals surface area contributed by atoms with Gasteiger partial charge in [-0.25, -0.2) is 12.8 Å². The van der Waals surface area contributed by atoms with Gasteiger partial charge in [0.1, 0.15) is 0 Å². The summed E-state index contributed by atoms with van der Waals surface area (Å²) in [6.07, 6.45) is 1.71. The fourth-order valence-electron chi connectivity index (χ4n) is 2.57. The van der Waals surface area contributed by atoms with E-state index in [1.165, 1.54) is 23.5 Å². The van der Waals surface area contributed by atoms with Crippen LogP contribution in [-0.4, -0.2) is 39.0 Å². The molecule has 1 saturated heterocycles. The van der Waals surface area contributed by atoms with Crippen LogP contribution in [-0.2, 0) is 10.0 Å². The standard InChI is InChI=1S/C14H21FN2O3S/c1-10(16)11-4-3-7-17(9-11)21(18,19)12-5-6-13(15)14(8-12)20-2/h5-6,8,10-11H,3-4,7,9,16H2,1-2H3. The summed E-state index contributed by atoms with van der Waals surface area (Å²) in [4.78, 5) is 0.0473. The van der Waals surface area contributed by atoms with Crippen molar-refractivity contribution in [3.63, 3.8) is 0 Å². The lowest BCUT2D eigenvalue weighted by atomic mass is 9.93. The van der Waals surface area contributed by atoms with Gasteiger partial charge < -0.3 is 10.5 Å². The highest BCUT2D eigenvalue weighted by Gasteiger charge is 2.32. The lowest BCUT2D eigenvalue weighted by Crippen LogP contribution is -2.44. The Morgan fingerprint density at radius 1 is 1.48 bits per heavy atom. The molecule has 1 aliphatic rings. The summed E-state index contributed by atoms with van der Waals surface area (Å²) in [5.74, 6) is -0.503. The van der Waals surface area contributed by atoms with Gasteiger partial charge in [-0.2, -0.15) is 4.31 Å². The van der Waals surface area contributed by atoms with E-state index in [-0.39, 0.29) is 22.6 Å². The quantitative estimate of drug-likeness (QED) is 0.915. The molecule has 1 aromatic rings. The number of halogens is 1. The molecular formula is C14H21FN2O3S. The van der Waals surface area contributed by atoms with E-state index >= 15 is 0 Å². The molecule has 0 saturated carbocycles. The number of rotatable bonds is 4. The SMILES string of the molecule is COc1cc(S(=O)(=O)N2CCCC(C(C)N)C2)ccc1F. The first-order valence-electron chi connectivity index (χ1n) is 6.95. The summed E-state index contributed by atoms with van der Waals surface area (Å²) in [7, 11) is -2.34. The predicted molar refractivity (Wildman–Crippen MR) is 78.1 cm³/mol. The molecular weight excluding hydrogens is 295 g/mol. The van der Waals surface area contributed by atoms with E-state index in [1.54, 1.807) is 0 Å². The minimum atomic E-state index is -3.65. The van der Waals surface area contributed by atoms with Gasteiger partial charge in [0.05, 0.1) is 12.0 Å². The number of methoxy groups -OCH3 is 1. The fraction of sp³-hybridized carbons (Fsp3) is 0.571. The van der Waals surface area contributed by atoms with Crippen molar-refractivity contribution in [3.8, 4) is 5.75 Å². The number of ether oxygens (including phenoxy) is 1. The van der Waals surface area contributed by atoms with Crippen molar-refractivity contribution in [2.24, 2.45) is 11.7 Å². The van der Waals surface area contributed by atoms with Crippen LogP contribution in [0, 0.1) is 11.7 Å². The van der Waals surface area contributed by atoms with E-state index in [9.17, 15) is 12.8 Å². The second kappa shape index (κ2) is 6.29. The Balaban J connectivity index is 2.29. The number of hydrogen-bond acceptors (Lipinski definition) is 4. The van der Waals surface area contributed by atoms with E-state index in [0.29, 0.717) is 13.1 Å². The van der Waals surface area contributed by atoms with Crippen LogP contribution in [0.2, 0.25) is 0 Å². The van der Waals surface area contributed by atoms with Crippen LogP contribution in [0.3, 0.4) is 0 Å². The van der Waals surface area contributed by atoms with Crippen molar-refractivity contribution in [2.45, 2.75) is 30.7 Å². The smallest absolute Gasteiger partial charge is 0.243 e. The molecule has 0 aliphatic carbocycles. The first kappa shape index (κ1) is 16.2. The molecule has 1 heterocycles. The van der Waals surface area contributed by atoms with Crippen molar-refractivity contribution >= 4 is 10.0 Å². The van der Waals surface area contributed by atoms with Crippen LogP contribution < -0.4 is 10.5 Å². The molecule has 5 nitrogen and oxygen atoms in total. The Bertz CT molecular complexity index is 604. The minimum absolute atomic E-state index is 0.0473. The average molecular weight is 316 g/mol. The fourth-order valence-corrected chi connectivity index (χ4v) is 4.12. The second-order valence-corrected chi connectivity index (χ2v) is 7.36. The van der Waals surface area contributed by atoms with Crippen molar-refractivity contribution in [3.05, 3.63) is 24.0 Å². The van der Waals surface area contributed by atoms with Gasteiger partial charge in [0.15, 0.2) is 11.6 Å². The Hall–Kier alpha value is -1.18. The van der Waals surface area contributed by atoms with Gasteiger partial charge in [0.2, 0.25) is 10.0 Å². The highest BCUT2D eigenvalue weighted by molar-refractivity contribution is 7.89. The molecule has 1 aromatic carbocycles. The molecule has 2 atom stereocenters. The summed E-state index contributed by atoms with van der Waals surface area (Å²) in [6, 6.07) is 3.55. The van der Waals surface area contributed by atoms with Crippen LogP contribution in [0.15, 0.2) is 23.1 Å². The van der Waals surface area contributed by atoms with Crippen molar-refractivity contribution in [2.75, 3.05) is 20.2 Å². The highest BCUT2D eigenvalue weighted by Crippen LogP contribution is 2.28. The van der Waals surface area contributed by atoms with Crippen molar-refractivity contribution in [1.82, 2.24) is 4.31 Å². The molecule has 0 radical (unpaired) electrons. The van der Waals surface area contributed by atoms with Gasteiger partial charge in [-0.15, -0.1) is 0 Å². The normalized spacial score (nSPS) is 22.0. The van der Waals surface area contributed by atoms with Gasteiger partial charge >= 0.3 is 0 Å². The molecule has 21 heavy (non-hydrogen) atoms. The highest BCUT2D eigenvalue weighted by atomic mass is 32.2. The van der Waals surface area contributed by atoms with Gasteiger partial charge in [-0.05, 0) is 37.8 Å². The largest absolute Gasteiger partial charge is 0.494 e. The monoisotopic (exact) mass is 316 g/mol. The van der Waals surface area contributed by atoms with Crippen LogP contribution in [0.25, 0.3) is 0 Å². The third-order valence-corrected chi connectivity index (χ3v) is 5.79. The van der Waals surface area contributed by atoms with Crippen molar-refractivity contribution < 1.29 is 17.5 Å². The summed E-state index contributed by atoms with van der Waals surface area (Å²) in [5, 5.41) is 0. The molecule has 1 aliphatic heterocycles. The summed E-state index contributed by atoms with van der Waals surface area (Å²) >= 11 is 0. The maximum Gasteiger partial charge on any atom is 0.243 e. The molecule has 1 fully saturated rings. The zero-order valence-electron chi connectivity index (χ0n) is 12.3. The number of hydrogen-bond donors (Lipinski definition) is 1. The average Bonchev–Trinajstić information content (AvgIpc) is 2.47. The van der Waals surface area contributed by atoms with Crippen LogP contribution in [0.1, 0.15) is 19.8 Å². The zero-order chi connectivity index (χ0) is 15.6.